The van der Waals surface area contributed by atoms with Crippen LogP contribution in [0.3, 0.4) is 0 Å². The molecule has 0 atom stereocenters. The number of hydrogen-bond acceptors (Lipinski definition) is 1. The summed E-state index contributed by atoms with van der Waals surface area (Å²) in [4.78, 5) is 3.20. The van der Waals surface area contributed by atoms with Crippen molar-refractivity contribution in [3.8, 4) is 0 Å². The molecule has 4 heteroatoms. The van der Waals surface area contributed by atoms with E-state index in [1.54, 1.807) is 12.1 Å². The summed E-state index contributed by atoms with van der Waals surface area (Å²) < 4.78 is 14.1. The number of aromatic amines is 1. The highest BCUT2D eigenvalue weighted by Crippen LogP contribution is 2.18. The van der Waals surface area contributed by atoms with Gasteiger partial charge in [0.15, 0.2) is 0 Å². The van der Waals surface area contributed by atoms with Gasteiger partial charge >= 0.3 is 0 Å². The maximum atomic E-state index is 13.2. The van der Waals surface area contributed by atoms with Gasteiger partial charge in [0.1, 0.15) is 5.82 Å². The fourth-order valence-corrected chi connectivity index (χ4v) is 2.61. The minimum Gasteiger partial charge on any atom is -0.361 e. The van der Waals surface area contributed by atoms with Gasteiger partial charge in [-0.1, -0.05) is 28.1 Å². The van der Waals surface area contributed by atoms with Gasteiger partial charge < -0.3 is 10.3 Å². The van der Waals surface area contributed by atoms with E-state index in [0.717, 1.165) is 22.1 Å². The molecule has 1 aromatic heterocycles. The molecule has 1 heterocycles. The minimum absolute atomic E-state index is 0.210. The molecule has 20 heavy (non-hydrogen) atoms. The second-order valence-electron chi connectivity index (χ2n) is 4.74. The van der Waals surface area contributed by atoms with Crippen molar-refractivity contribution in [3.63, 3.8) is 0 Å². The lowest BCUT2D eigenvalue weighted by Crippen LogP contribution is -2.13. The first kappa shape index (κ1) is 13.3. The van der Waals surface area contributed by atoms with E-state index in [1.807, 2.05) is 6.20 Å². The summed E-state index contributed by atoms with van der Waals surface area (Å²) >= 11 is 3.43. The first-order valence-electron chi connectivity index (χ1n) is 6.43. The van der Waals surface area contributed by atoms with Crippen LogP contribution in [0.4, 0.5) is 4.39 Å². The number of fused-ring (bicyclic) bond motifs is 1. The van der Waals surface area contributed by atoms with Crippen molar-refractivity contribution < 1.29 is 4.39 Å². The SMILES string of the molecule is Fc1ccc(Br)c(CNCc2ccc3cc[nH]c3c2)c1. The standard InChI is InChI=1S/C16H14BrFN2/c17-15-4-3-14(18)8-13(15)10-19-9-11-1-2-12-5-6-20-16(12)7-11/h1-8,19-20H,9-10H2. The highest BCUT2D eigenvalue weighted by molar-refractivity contribution is 9.10. The van der Waals surface area contributed by atoms with Crippen LogP contribution in [0.5, 0.6) is 0 Å². The molecule has 0 bridgehead atoms. The minimum atomic E-state index is -0.210. The second-order valence-corrected chi connectivity index (χ2v) is 5.59. The average molecular weight is 333 g/mol. The van der Waals surface area contributed by atoms with Crippen LogP contribution in [-0.4, -0.2) is 4.98 Å². The van der Waals surface area contributed by atoms with E-state index in [4.69, 9.17) is 0 Å². The Morgan fingerprint density at radius 2 is 1.95 bits per heavy atom. The molecule has 2 N–H and O–H groups in total. The summed E-state index contributed by atoms with van der Waals surface area (Å²) in [6, 6.07) is 13.1. The molecular weight excluding hydrogens is 319 g/mol. The lowest BCUT2D eigenvalue weighted by Gasteiger charge is -2.07. The zero-order valence-corrected chi connectivity index (χ0v) is 12.4. The molecule has 0 fully saturated rings. The van der Waals surface area contributed by atoms with Crippen LogP contribution in [0, 0.1) is 5.82 Å². The Hall–Kier alpha value is -1.65. The predicted octanol–water partition coefficient (Wildman–Crippen LogP) is 4.36. The van der Waals surface area contributed by atoms with Crippen LogP contribution in [0.1, 0.15) is 11.1 Å². The van der Waals surface area contributed by atoms with Crippen molar-refractivity contribution in [3.05, 3.63) is 70.1 Å². The zero-order valence-electron chi connectivity index (χ0n) is 10.8. The van der Waals surface area contributed by atoms with Crippen LogP contribution in [-0.2, 0) is 13.1 Å². The third kappa shape index (κ3) is 2.92. The predicted molar refractivity (Wildman–Crippen MR) is 82.9 cm³/mol. The maximum absolute atomic E-state index is 13.2. The van der Waals surface area contributed by atoms with Crippen molar-refractivity contribution in [1.29, 1.82) is 0 Å². The van der Waals surface area contributed by atoms with Crippen molar-refractivity contribution in [2.24, 2.45) is 0 Å². The van der Waals surface area contributed by atoms with Gasteiger partial charge in [-0.3, -0.25) is 0 Å². The van der Waals surface area contributed by atoms with Crippen LogP contribution in [0.15, 0.2) is 53.1 Å². The van der Waals surface area contributed by atoms with E-state index in [1.165, 1.54) is 17.0 Å². The Bertz CT molecular complexity index is 736. The average Bonchev–Trinajstić information content (AvgIpc) is 2.90. The summed E-state index contributed by atoms with van der Waals surface area (Å²) in [7, 11) is 0. The van der Waals surface area contributed by atoms with Crippen LogP contribution in [0.25, 0.3) is 10.9 Å². The van der Waals surface area contributed by atoms with E-state index in [2.05, 4.69) is 50.5 Å². The largest absolute Gasteiger partial charge is 0.361 e. The molecule has 0 amide bonds. The Balaban J connectivity index is 1.65. The van der Waals surface area contributed by atoms with Gasteiger partial charge in [0.05, 0.1) is 0 Å². The molecule has 3 rings (SSSR count). The van der Waals surface area contributed by atoms with E-state index in [9.17, 15) is 4.39 Å². The lowest BCUT2D eigenvalue weighted by atomic mass is 10.1. The zero-order chi connectivity index (χ0) is 13.9. The summed E-state index contributed by atoms with van der Waals surface area (Å²) in [5, 5.41) is 4.54. The fourth-order valence-electron chi connectivity index (χ4n) is 2.23. The molecule has 0 unspecified atom stereocenters. The number of hydrogen-bond donors (Lipinski definition) is 2. The molecule has 0 saturated heterocycles. The number of halogens is 2. The summed E-state index contributed by atoms with van der Waals surface area (Å²) in [5.74, 6) is -0.210. The number of nitrogens with one attached hydrogen (secondary N) is 2. The van der Waals surface area contributed by atoms with E-state index in [-0.39, 0.29) is 5.82 Å². The topological polar surface area (TPSA) is 27.8 Å². The van der Waals surface area contributed by atoms with Gasteiger partial charge in [-0.25, -0.2) is 4.39 Å². The van der Waals surface area contributed by atoms with Crippen LogP contribution >= 0.6 is 15.9 Å². The summed E-state index contributed by atoms with van der Waals surface area (Å²) in [6.45, 7) is 1.37. The van der Waals surface area contributed by atoms with Gasteiger partial charge in [0.2, 0.25) is 0 Å². The maximum Gasteiger partial charge on any atom is 0.123 e. The van der Waals surface area contributed by atoms with Crippen LogP contribution < -0.4 is 5.32 Å². The second kappa shape index (κ2) is 5.77. The molecule has 0 aliphatic rings. The van der Waals surface area contributed by atoms with Gasteiger partial charge in [0, 0.05) is 29.3 Å². The van der Waals surface area contributed by atoms with Crippen molar-refractivity contribution >= 4 is 26.8 Å². The molecule has 0 spiro atoms. The molecule has 0 saturated carbocycles. The summed E-state index contributed by atoms with van der Waals surface area (Å²) in [6.07, 6.45) is 1.94. The van der Waals surface area contributed by atoms with Crippen LogP contribution in [0.2, 0.25) is 0 Å². The number of H-pyrrole nitrogens is 1. The summed E-state index contributed by atoms with van der Waals surface area (Å²) in [5.41, 5.74) is 3.26. The Morgan fingerprint density at radius 1 is 1.05 bits per heavy atom. The normalized spacial score (nSPS) is 11.1. The highest BCUT2D eigenvalue weighted by Gasteiger charge is 2.02. The Kier molecular flexibility index (Phi) is 3.85. The van der Waals surface area contributed by atoms with Crippen molar-refractivity contribution in [1.82, 2.24) is 10.3 Å². The van der Waals surface area contributed by atoms with Gasteiger partial charge in [0.25, 0.3) is 0 Å². The quantitative estimate of drug-likeness (QED) is 0.729. The monoisotopic (exact) mass is 332 g/mol. The molecule has 0 radical (unpaired) electrons. The molecule has 2 nitrogen and oxygen atoms in total. The van der Waals surface area contributed by atoms with Crippen molar-refractivity contribution in [2.75, 3.05) is 0 Å². The Morgan fingerprint density at radius 3 is 2.85 bits per heavy atom. The molecule has 102 valence electrons. The van der Waals surface area contributed by atoms with Gasteiger partial charge in [-0.2, -0.15) is 0 Å². The fraction of sp³-hybridized carbons (Fsp3) is 0.125. The molecule has 0 aliphatic carbocycles. The highest BCUT2D eigenvalue weighted by atomic mass is 79.9. The van der Waals surface area contributed by atoms with E-state index >= 15 is 0 Å². The first-order valence-corrected chi connectivity index (χ1v) is 7.22. The third-order valence-corrected chi connectivity index (χ3v) is 4.05. The molecule has 2 aromatic carbocycles. The van der Waals surface area contributed by atoms with Gasteiger partial charge in [-0.05, 0) is 46.8 Å². The first-order chi connectivity index (χ1) is 9.72. The lowest BCUT2D eigenvalue weighted by molar-refractivity contribution is 0.619. The third-order valence-electron chi connectivity index (χ3n) is 3.27. The van der Waals surface area contributed by atoms with Crippen molar-refractivity contribution in [2.45, 2.75) is 13.1 Å². The number of aromatic nitrogens is 1. The van der Waals surface area contributed by atoms with Gasteiger partial charge in [-0.15, -0.1) is 0 Å². The Labute approximate surface area is 125 Å². The number of rotatable bonds is 4. The molecule has 0 aliphatic heterocycles. The van der Waals surface area contributed by atoms with E-state index in [0.29, 0.717) is 6.54 Å². The van der Waals surface area contributed by atoms with E-state index < -0.39 is 0 Å². The smallest absolute Gasteiger partial charge is 0.123 e. The number of benzene rings is 2. The molecule has 3 aromatic rings. The molecular formula is C16H14BrFN2.